The van der Waals surface area contributed by atoms with Crippen molar-refractivity contribution in [3.63, 3.8) is 0 Å². The molecule has 0 spiro atoms. The molecule has 1 aromatic carbocycles. The number of nitrogens with zero attached hydrogens (tertiary/aromatic N) is 1. The summed E-state index contributed by atoms with van der Waals surface area (Å²) in [4.78, 5) is 16.2. The largest absolute Gasteiger partial charge is 0.490 e. The van der Waals surface area contributed by atoms with Crippen molar-refractivity contribution in [2.24, 2.45) is 5.16 Å². The number of halogens is 1. The second-order valence-corrected chi connectivity index (χ2v) is 5.47. The van der Waals surface area contributed by atoms with Gasteiger partial charge in [0.25, 0.3) is 0 Å². The van der Waals surface area contributed by atoms with Gasteiger partial charge in [-0.05, 0) is 67.1 Å². The molecule has 112 valence electrons. The molecule has 0 saturated carbocycles. The number of oxime groups is 1. The average molecular weight is 401 g/mol. The van der Waals surface area contributed by atoms with Crippen LogP contribution in [-0.2, 0) is 9.63 Å². The van der Waals surface area contributed by atoms with Gasteiger partial charge in [0.1, 0.15) is 0 Å². The van der Waals surface area contributed by atoms with Gasteiger partial charge in [0.2, 0.25) is 0 Å². The lowest BCUT2D eigenvalue weighted by Crippen LogP contribution is -2.03. The first-order valence-corrected chi connectivity index (χ1v) is 7.71. The summed E-state index contributed by atoms with van der Waals surface area (Å²) in [6.45, 7) is 6.68. The zero-order valence-corrected chi connectivity index (χ0v) is 14.3. The molecule has 0 aromatic heterocycles. The van der Waals surface area contributed by atoms with Crippen LogP contribution < -0.4 is 9.47 Å². The summed E-state index contributed by atoms with van der Waals surface area (Å²) < 4.78 is 12.2. The average Bonchev–Trinajstić information content (AvgIpc) is 2.75. The van der Waals surface area contributed by atoms with Crippen LogP contribution in [0.25, 0.3) is 6.08 Å². The minimum absolute atomic E-state index is 0.436. The molecule has 0 aliphatic carbocycles. The lowest BCUT2D eigenvalue weighted by atomic mass is 10.1. The first-order valence-electron chi connectivity index (χ1n) is 6.64. The molecule has 6 heteroatoms. The third-order valence-corrected chi connectivity index (χ3v) is 3.61. The van der Waals surface area contributed by atoms with Crippen LogP contribution in [0, 0.1) is 3.57 Å². The van der Waals surface area contributed by atoms with E-state index in [0.29, 0.717) is 30.2 Å². The number of hydrogen-bond donors (Lipinski definition) is 0. The Morgan fingerprint density at radius 3 is 2.57 bits per heavy atom. The van der Waals surface area contributed by atoms with Gasteiger partial charge in [-0.15, -0.1) is 0 Å². The molecule has 5 nitrogen and oxygen atoms in total. The van der Waals surface area contributed by atoms with Crippen LogP contribution in [0.1, 0.15) is 26.3 Å². The quantitative estimate of drug-likeness (QED) is 0.431. The molecule has 2 rings (SSSR count). The van der Waals surface area contributed by atoms with E-state index in [1.807, 2.05) is 26.0 Å². The minimum atomic E-state index is -0.436. The zero-order valence-electron chi connectivity index (χ0n) is 12.1. The number of benzene rings is 1. The van der Waals surface area contributed by atoms with Gasteiger partial charge in [-0.1, -0.05) is 5.16 Å². The lowest BCUT2D eigenvalue weighted by Gasteiger charge is -2.13. The predicted molar refractivity (Wildman–Crippen MR) is 88.7 cm³/mol. The van der Waals surface area contributed by atoms with E-state index in [-0.39, 0.29) is 0 Å². The van der Waals surface area contributed by atoms with Crippen LogP contribution in [0.2, 0.25) is 0 Å². The summed E-state index contributed by atoms with van der Waals surface area (Å²) in [6, 6.07) is 3.78. The Morgan fingerprint density at radius 2 is 2.00 bits per heavy atom. The number of rotatable bonds is 5. The monoisotopic (exact) mass is 401 g/mol. The third-order valence-electron chi connectivity index (χ3n) is 2.81. The summed E-state index contributed by atoms with van der Waals surface area (Å²) in [7, 11) is 0. The molecule has 0 N–H and O–H groups in total. The molecule has 0 saturated heterocycles. The highest BCUT2D eigenvalue weighted by Crippen LogP contribution is 2.35. The second-order valence-electron chi connectivity index (χ2n) is 4.31. The van der Waals surface area contributed by atoms with Crippen molar-refractivity contribution < 1.29 is 19.1 Å². The van der Waals surface area contributed by atoms with Gasteiger partial charge < -0.3 is 14.3 Å². The van der Waals surface area contributed by atoms with Crippen LogP contribution in [0.4, 0.5) is 0 Å². The van der Waals surface area contributed by atoms with E-state index in [0.717, 1.165) is 14.9 Å². The highest BCUT2D eigenvalue weighted by atomic mass is 127. The van der Waals surface area contributed by atoms with Crippen molar-refractivity contribution in [2.75, 3.05) is 13.2 Å². The van der Waals surface area contributed by atoms with Crippen molar-refractivity contribution in [1.82, 2.24) is 0 Å². The van der Waals surface area contributed by atoms with Crippen molar-refractivity contribution in [3.8, 4) is 11.5 Å². The van der Waals surface area contributed by atoms with E-state index in [9.17, 15) is 4.79 Å². The smallest absolute Gasteiger partial charge is 0.367 e. The second kappa shape index (κ2) is 6.93. The van der Waals surface area contributed by atoms with Crippen molar-refractivity contribution in [2.45, 2.75) is 20.8 Å². The summed E-state index contributed by atoms with van der Waals surface area (Å²) >= 11 is 2.19. The summed E-state index contributed by atoms with van der Waals surface area (Å²) in [5.74, 6) is 0.954. The molecule has 0 radical (unpaired) electrons. The van der Waals surface area contributed by atoms with Crippen LogP contribution >= 0.6 is 22.6 Å². The maximum absolute atomic E-state index is 11.6. The number of carbonyl (C=O) groups excluding carboxylic acids is 1. The van der Waals surface area contributed by atoms with E-state index >= 15 is 0 Å². The molecule has 0 unspecified atom stereocenters. The molecule has 1 aliphatic heterocycles. The number of hydrogen-bond acceptors (Lipinski definition) is 5. The Balaban J connectivity index is 2.44. The van der Waals surface area contributed by atoms with Gasteiger partial charge in [-0.2, -0.15) is 0 Å². The topological polar surface area (TPSA) is 57.1 Å². The van der Waals surface area contributed by atoms with E-state index in [1.54, 1.807) is 13.0 Å². The first kappa shape index (κ1) is 15.8. The Bertz CT molecular complexity index is 622. The predicted octanol–water partition coefficient (Wildman–Crippen LogP) is 3.40. The van der Waals surface area contributed by atoms with Crippen LogP contribution in [0.3, 0.4) is 0 Å². The maximum Gasteiger partial charge on any atom is 0.367 e. The fourth-order valence-corrected chi connectivity index (χ4v) is 2.69. The van der Waals surface area contributed by atoms with Gasteiger partial charge in [-0.25, -0.2) is 4.79 Å². The molecule has 0 fully saturated rings. The van der Waals surface area contributed by atoms with E-state index < -0.39 is 5.97 Å². The standard InChI is InChI=1S/C15H16INO4/c1-4-19-13-8-10(7-12(16)14(13)20-5-2)6-11-9(3)17-21-15(11)18/h6-8H,4-5H2,1-3H3/b11-6+. The van der Waals surface area contributed by atoms with Crippen molar-refractivity contribution >= 4 is 40.3 Å². The highest BCUT2D eigenvalue weighted by Gasteiger charge is 2.22. The molecule has 0 amide bonds. The summed E-state index contributed by atoms with van der Waals surface area (Å²) in [5, 5.41) is 3.66. The van der Waals surface area contributed by atoms with Crippen LogP contribution in [0.5, 0.6) is 11.5 Å². The normalized spacial score (nSPS) is 15.9. The molecule has 21 heavy (non-hydrogen) atoms. The lowest BCUT2D eigenvalue weighted by molar-refractivity contribution is -0.136. The molecule has 0 atom stereocenters. The summed E-state index contributed by atoms with van der Waals surface area (Å²) in [5.41, 5.74) is 1.87. The Labute approximate surface area is 137 Å². The van der Waals surface area contributed by atoms with Gasteiger partial charge in [-0.3, -0.25) is 0 Å². The Hall–Kier alpha value is -1.57. The van der Waals surface area contributed by atoms with Crippen molar-refractivity contribution in [1.29, 1.82) is 0 Å². The third kappa shape index (κ3) is 3.55. The minimum Gasteiger partial charge on any atom is -0.490 e. The van der Waals surface area contributed by atoms with Crippen LogP contribution in [-0.4, -0.2) is 24.9 Å². The van der Waals surface area contributed by atoms with E-state index in [4.69, 9.17) is 9.47 Å². The number of ether oxygens (including phenoxy) is 2. The molecular weight excluding hydrogens is 385 g/mol. The first-order chi connectivity index (χ1) is 10.1. The van der Waals surface area contributed by atoms with Gasteiger partial charge in [0.15, 0.2) is 11.5 Å². The van der Waals surface area contributed by atoms with E-state index in [2.05, 4.69) is 32.6 Å². The number of carbonyl (C=O) groups is 1. The summed E-state index contributed by atoms with van der Waals surface area (Å²) in [6.07, 6.45) is 1.74. The zero-order chi connectivity index (χ0) is 15.4. The van der Waals surface area contributed by atoms with E-state index in [1.165, 1.54) is 0 Å². The molecule has 1 aromatic rings. The SMILES string of the molecule is CCOc1cc(/C=C2/C(=O)ON=C2C)cc(I)c1OCC. The molecule has 1 heterocycles. The fourth-order valence-electron chi connectivity index (χ4n) is 1.90. The molecule has 1 aliphatic rings. The maximum atomic E-state index is 11.6. The Kier molecular flexibility index (Phi) is 5.22. The molecule has 0 bridgehead atoms. The van der Waals surface area contributed by atoms with Gasteiger partial charge in [0, 0.05) is 0 Å². The van der Waals surface area contributed by atoms with Crippen LogP contribution in [0.15, 0.2) is 22.9 Å². The fraction of sp³-hybridized carbons (Fsp3) is 0.333. The Morgan fingerprint density at radius 1 is 1.29 bits per heavy atom. The highest BCUT2D eigenvalue weighted by molar-refractivity contribution is 14.1. The molecular formula is C15H16INO4. The van der Waals surface area contributed by atoms with Gasteiger partial charge in [0.05, 0.1) is 28.1 Å². The van der Waals surface area contributed by atoms with Gasteiger partial charge >= 0.3 is 5.97 Å². The van der Waals surface area contributed by atoms with Crippen molar-refractivity contribution in [3.05, 3.63) is 26.8 Å².